The topological polar surface area (TPSA) is 111 Å². The fourth-order valence-electron chi connectivity index (χ4n) is 4.49. The zero-order valence-corrected chi connectivity index (χ0v) is 22.4. The van der Waals surface area contributed by atoms with E-state index in [1.807, 2.05) is 0 Å². The second kappa shape index (κ2) is 10.7. The Hall–Kier alpha value is -3.68. The average Bonchev–Trinajstić information content (AvgIpc) is 3.56. The predicted octanol–water partition coefficient (Wildman–Crippen LogP) is 3.86. The maximum atomic E-state index is 13.3. The number of benzene rings is 2. The van der Waals surface area contributed by atoms with Crippen LogP contribution in [0.2, 0.25) is 10.0 Å². The Bertz CT molecular complexity index is 1620. The molecule has 10 nitrogen and oxygen atoms in total. The Balaban J connectivity index is 1.58. The summed E-state index contributed by atoms with van der Waals surface area (Å²) < 4.78 is 42.7. The van der Waals surface area contributed by atoms with Crippen molar-refractivity contribution in [2.45, 2.75) is 44.3 Å². The van der Waals surface area contributed by atoms with E-state index in [0.29, 0.717) is 40.0 Å². The van der Waals surface area contributed by atoms with Gasteiger partial charge in [0.05, 0.1) is 23.3 Å². The molecule has 1 aliphatic heterocycles. The van der Waals surface area contributed by atoms with Crippen molar-refractivity contribution in [2.75, 3.05) is 7.05 Å². The number of carbonyl (C=O) groups is 1. The number of hydrogen-bond acceptors (Lipinski definition) is 6. The molecule has 2 unspecified atom stereocenters. The minimum Gasteiger partial charge on any atom is -0.382 e. The first-order chi connectivity index (χ1) is 18.9. The molecule has 2 aromatic heterocycles. The number of nitrogens with zero attached hydrogens (tertiary/aromatic N) is 7. The molecule has 1 amide bonds. The van der Waals surface area contributed by atoms with Crippen molar-refractivity contribution in [3.8, 4) is 17.1 Å². The molecular weight excluding hydrogens is 574 g/mol. The summed E-state index contributed by atoms with van der Waals surface area (Å²) in [7, 11) is 1.65. The molecule has 5 rings (SSSR count). The molecule has 210 valence electrons. The summed E-state index contributed by atoms with van der Waals surface area (Å²) in [5.41, 5.74) is -0.0910. The van der Waals surface area contributed by atoms with Crippen molar-refractivity contribution in [3.05, 3.63) is 80.7 Å². The van der Waals surface area contributed by atoms with E-state index in [1.165, 1.54) is 28.9 Å². The third kappa shape index (κ3) is 5.36. The number of rotatable bonds is 7. The van der Waals surface area contributed by atoms with Crippen LogP contribution in [0.3, 0.4) is 0 Å². The molecule has 3 heterocycles. The number of aliphatic hydroxyl groups is 1. The van der Waals surface area contributed by atoms with E-state index in [9.17, 15) is 27.9 Å². The van der Waals surface area contributed by atoms with Gasteiger partial charge in [0, 0.05) is 24.1 Å². The summed E-state index contributed by atoms with van der Waals surface area (Å²) in [4.78, 5) is 31.7. The van der Waals surface area contributed by atoms with Crippen LogP contribution < -0.4 is 5.69 Å². The van der Waals surface area contributed by atoms with Gasteiger partial charge in [-0.15, -0.1) is 10.2 Å². The molecule has 0 bridgehead atoms. The van der Waals surface area contributed by atoms with Crippen LogP contribution in [0.5, 0.6) is 0 Å². The molecule has 2 atom stereocenters. The van der Waals surface area contributed by atoms with E-state index in [-0.39, 0.29) is 24.1 Å². The lowest BCUT2D eigenvalue weighted by molar-refractivity contribution is -0.207. The van der Waals surface area contributed by atoms with Crippen molar-refractivity contribution in [1.82, 2.24) is 34.0 Å². The van der Waals surface area contributed by atoms with E-state index in [0.717, 1.165) is 9.25 Å². The number of amides is 1. The minimum atomic E-state index is -4.95. The van der Waals surface area contributed by atoms with Crippen LogP contribution in [0.25, 0.3) is 17.1 Å². The van der Waals surface area contributed by atoms with Crippen LogP contribution in [0.15, 0.2) is 53.3 Å². The maximum Gasteiger partial charge on any atom is 0.416 e. The molecular formula is C25H22Cl2F3N7O3. The van der Waals surface area contributed by atoms with Crippen LogP contribution in [-0.2, 0) is 17.9 Å². The molecule has 0 radical (unpaired) electrons. The SMILES string of the molecule is CN1C(=O)CCC1c1nc(Cn2nc(-c3ccc(Cl)cc3)n(CC(O)C(F)(F)F)c2=O)nn1-c1ccccc1Cl. The second-order valence-electron chi connectivity index (χ2n) is 9.25. The van der Waals surface area contributed by atoms with Gasteiger partial charge in [-0.1, -0.05) is 35.3 Å². The molecule has 1 saturated heterocycles. The fraction of sp³-hybridized carbons (Fsp3) is 0.320. The fourth-order valence-corrected chi connectivity index (χ4v) is 4.83. The van der Waals surface area contributed by atoms with Gasteiger partial charge in [0.2, 0.25) is 5.91 Å². The number of halogens is 5. The van der Waals surface area contributed by atoms with E-state index in [1.54, 1.807) is 36.2 Å². The number of hydrogen-bond donors (Lipinski definition) is 1. The molecule has 1 fully saturated rings. The predicted molar refractivity (Wildman–Crippen MR) is 139 cm³/mol. The van der Waals surface area contributed by atoms with Gasteiger partial charge in [0.1, 0.15) is 6.54 Å². The van der Waals surface area contributed by atoms with Gasteiger partial charge in [-0.3, -0.25) is 9.36 Å². The highest BCUT2D eigenvalue weighted by atomic mass is 35.5. The molecule has 4 aromatic rings. The third-order valence-electron chi connectivity index (χ3n) is 6.60. The quantitative estimate of drug-likeness (QED) is 0.347. The largest absolute Gasteiger partial charge is 0.416 e. The van der Waals surface area contributed by atoms with E-state index in [2.05, 4.69) is 15.2 Å². The zero-order chi connectivity index (χ0) is 28.8. The lowest BCUT2D eigenvalue weighted by Crippen LogP contribution is -2.37. The lowest BCUT2D eigenvalue weighted by atomic mass is 10.2. The van der Waals surface area contributed by atoms with Gasteiger partial charge in [0.15, 0.2) is 23.6 Å². The summed E-state index contributed by atoms with van der Waals surface area (Å²) in [6.45, 7) is -1.37. The number of aliphatic hydroxyl groups excluding tert-OH is 1. The van der Waals surface area contributed by atoms with Crippen molar-refractivity contribution < 1.29 is 23.1 Å². The van der Waals surface area contributed by atoms with Gasteiger partial charge in [-0.25, -0.2) is 19.1 Å². The van der Waals surface area contributed by atoms with Gasteiger partial charge in [0.25, 0.3) is 0 Å². The molecule has 0 spiro atoms. The van der Waals surface area contributed by atoms with E-state index in [4.69, 9.17) is 23.2 Å². The van der Waals surface area contributed by atoms with Gasteiger partial charge in [-0.05, 0) is 42.8 Å². The van der Waals surface area contributed by atoms with Crippen LogP contribution in [0, 0.1) is 0 Å². The van der Waals surface area contributed by atoms with Gasteiger partial charge < -0.3 is 10.0 Å². The highest BCUT2D eigenvalue weighted by Crippen LogP contribution is 2.33. The van der Waals surface area contributed by atoms with E-state index >= 15 is 0 Å². The van der Waals surface area contributed by atoms with Crippen LogP contribution >= 0.6 is 23.2 Å². The Morgan fingerprint density at radius 2 is 1.77 bits per heavy atom. The number of para-hydroxylation sites is 1. The number of alkyl halides is 3. The van der Waals surface area contributed by atoms with Crippen LogP contribution in [0.4, 0.5) is 13.2 Å². The maximum absolute atomic E-state index is 13.3. The normalized spacial score (nSPS) is 16.6. The van der Waals surface area contributed by atoms with Gasteiger partial charge in [-0.2, -0.15) is 13.2 Å². The van der Waals surface area contributed by atoms with Crippen molar-refractivity contribution in [3.63, 3.8) is 0 Å². The molecule has 15 heteroatoms. The molecule has 40 heavy (non-hydrogen) atoms. The Morgan fingerprint density at radius 3 is 2.40 bits per heavy atom. The Morgan fingerprint density at radius 1 is 1.07 bits per heavy atom. The Kier molecular flexibility index (Phi) is 7.46. The third-order valence-corrected chi connectivity index (χ3v) is 7.17. The molecule has 1 N–H and O–H groups in total. The second-order valence-corrected chi connectivity index (χ2v) is 10.1. The lowest BCUT2D eigenvalue weighted by Gasteiger charge is -2.19. The van der Waals surface area contributed by atoms with Crippen LogP contribution in [-0.4, -0.2) is 64.4 Å². The summed E-state index contributed by atoms with van der Waals surface area (Å²) in [5.74, 6) is 0.366. The number of carbonyl (C=O) groups excluding carboxylic acids is 1. The number of likely N-dealkylation sites (tertiary alicyclic amines) is 1. The highest BCUT2D eigenvalue weighted by Gasteiger charge is 2.39. The first-order valence-corrected chi connectivity index (χ1v) is 12.8. The Labute approximate surface area is 235 Å². The summed E-state index contributed by atoms with van der Waals surface area (Å²) in [6.07, 6.45) is -6.94. The van der Waals surface area contributed by atoms with E-state index < -0.39 is 30.6 Å². The first-order valence-electron chi connectivity index (χ1n) is 12.1. The van der Waals surface area contributed by atoms with Crippen LogP contribution in [0.1, 0.15) is 30.5 Å². The highest BCUT2D eigenvalue weighted by molar-refractivity contribution is 6.32. The van der Waals surface area contributed by atoms with Crippen molar-refractivity contribution in [2.24, 2.45) is 0 Å². The zero-order valence-electron chi connectivity index (χ0n) is 20.9. The summed E-state index contributed by atoms with van der Waals surface area (Å²) in [6, 6.07) is 12.5. The standard InChI is InChI=1S/C25H22Cl2F3N7O3/c1-34-18(10-11-21(34)39)23-31-20(32-37(23)17-5-3-2-4-16(17)27)13-36-24(40)35(12-19(38)25(28,29)30)22(33-36)14-6-8-15(26)9-7-14/h2-9,18-19,38H,10-13H2,1H3. The smallest absolute Gasteiger partial charge is 0.382 e. The first kappa shape index (κ1) is 27.9. The summed E-state index contributed by atoms with van der Waals surface area (Å²) in [5, 5.41) is 19.3. The molecule has 1 aliphatic rings. The summed E-state index contributed by atoms with van der Waals surface area (Å²) >= 11 is 12.4. The molecule has 0 aliphatic carbocycles. The van der Waals surface area contributed by atoms with Gasteiger partial charge >= 0.3 is 11.9 Å². The van der Waals surface area contributed by atoms with Crippen molar-refractivity contribution in [1.29, 1.82) is 0 Å². The molecule has 2 aromatic carbocycles. The minimum absolute atomic E-state index is 0.0638. The molecule has 0 saturated carbocycles. The van der Waals surface area contributed by atoms with Crippen molar-refractivity contribution >= 4 is 29.1 Å². The number of aromatic nitrogens is 6. The monoisotopic (exact) mass is 595 g/mol. The average molecular weight is 596 g/mol.